The minimum Gasteiger partial charge on any atom is -0.505 e. The molecule has 6 nitrogen and oxygen atoms in total. The fraction of sp³-hybridized carbons (Fsp3) is 0.379. The lowest BCUT2D eigenvalue weighted by Crippen LogP contribution is -2.39. The van der Waals surface area contributed by atoms with Crippen molar-refractivity contribution in [3.8, 4) is 5.75 Å². The largest absolute Gasteiger partial charge is 0.505 e. The summed E-state index contributed by atoms with van der Waals surface area (Å²) in [6.45, 7) is 3.50. The van der Waals surface area contributed by atoms with Crippen molar-refractivity contribution in [3.63, 3.8) is 0 Å². The summed E-state index contributed by atoms with van der Waals surface area (Å²) in [6, 6.07) is 13.0. The predicted molar refractivity (Wildman–Crippen MR) is 135 cm³/mol. The average molecular weight is 494 g/mol. The molecule has 36 heavy (non-hydrogen) atoms. The van der Waals surface area contributed by atoms with E-state index in [2.05, 4.69) is 0 Å². The minimum atomic E-state index is -0.883. The molecule has 1 saturated heterocycles. The van der Waals surface area contributed by atoms with Crippen molar-refractivity contribution in [1.29, 1.82) is 0 Å². The molecule has 0 unspecified atom stereocenters. The maximum absolute atomic E-state index is 13.6. The van der Waals surface area contributed by atoms with Gasteiger partial charge in [-0.25, -0.2) is 4.39 Å². The number of halogens is 1. The fourth-order valence-electron chi connectivity index (χ4n) is 5.62. The first-order valence-corrected chi connectivity index (χ1v) is 12.4. The number of benzene rings is 2. The number of aromatic hydroxyl groups is 1. The third kappa shape index (κ3) is 4.86. The van der Waals surface area contributed by atoms with Crippen LogP contribution in [0.15, 0.2) is 65.3 Å². The summed E-state index contributed by atoms with van der Waals surface area (Å²) in [7, 11) is 0. The Morgan fingerprint density at radius 2 is 1.89 bits per heavy atom. The maximum atomic E-state index is 13.6. The summed E-state index contributed by atoms with van der Waals surface area (Å²) in [4.78, 5) is 27.9. The maximum Gasteiger partial charge on any atom is 0.238 e. The van der Waals surface area contributed by atoms with Crippen molar-refractivity contribution in [3.05, 3.63) is 76.6 Å². The molecule has 2 amide bonds. The van der Waals surface area contributed by atoms with Crippen LogP contribution in [0.1, 0.15) is 45.1 Å². The SMILES string of the molecule is CCC1=C([C@H](O)CC/C(C)=C/c2ccc(O)c(F)c2)[C@H](CO)[C@@H]2C(=O)N(c3ccccc3)C(=O)[C@@H]2C1. The van der Waals surface area contributed by atoms with Crippen LogP contribution in [0.2, 0.25) is 0 Å². The average Bonchev–Trinajstić information content (AvgIpc) is 3.13. The van der Waals surface area contributed by atoms with Crippen LogP contribution in [0.3, 0.4) is 0 Å². The molecule has 1 aliphatic carbocycles. The van der Waals surface area contributed by atoms with Crippen molar-refractivity contribution in [2.75, 3.05) is 11.5 Å². The summed E-state index contributed by atoms with van der Waals surface area (Å²) < 4.78 is 13.6. The van der Waals surface area contributed by atoms with Crippen LogP contribution in [-0.2, 0) is 9.59 Å². The van der Waals surface area contributed by atoms with Gasteiger partial charge in [-0.1, -0.05) is 48.4 Å². The molecule has 0 spiro atoms. The van der Waals surface area contributed by atoms with Crippen LogP contribution in [0, 0.1) is 23.6 Å². The van der Waals surface area contributed by atoms with Crippen LogP contribution in [0.4, 0.5) is 10.1 Å². The van der Waals surface area contributed by atoms with Crippen LogP contribution >= 0.6 is 0 Å². The van der Waals surface area contributed by atoms with Crippen molar-refractivity contribution in [2.24, 2.45) is 17.8 Å². The quantitative estimate of drug-likeness (QED) is 0.369. The number of imide groups is 1. The molecule has 2 aromatic carbocycles. The van der Waals surface area contributed by atoms with E-state index in [9.17, 15) is 29.3 Å². The number of nitrogens with zero attached hydrogens (tertiary/aromatic N) is 1. The first-order valence-electron chi connectivity index (χ1n) is 12.4. The number of phenols is 1. The second-order valence-electron chi connectivity index (χ2n) is 9.64. The molecule has 0 aromatic heterocycles. The summed E-state index contributed by atoms with van der Waals surface area (Å²) in [5.74, 6) is -3.58. The fourth-order valence-corrected chi connectivity index (χ4v) is 5.62. The summed E-state index contributed by atoms with van der Waals surface area (Å²) in [5, 5.41) is 31.0. The van der Waals surface area contributed by atoms with Gasteiger partial charge in [0.15, 0.2) is 11.6 Å². The summed E-state index contributed by atoms with van der Waals surface area (Å²) in [5.41, 5.74) is 3.62. The Bertz CT molecular complexity index is 1210. The van der Waals surface area contributed by atoms with Crippen LogP contribution in [0.25, 0.3) is 6.08 Å². The van der Waals surface area contributed by atoms with Gasteiger partial charge in [-0.15, -0.1) is 0 Å². The number of fused-ring (bicyclic) bond motifs is 1. The molecule has 1 heterocycles. The van der Waals surface area contributed by atoms with Gasteiger partial charge in [0.1, 0.15) is 0 Å². The second kappa shape index (κ2) is 10.8. The molecule has 4 rings (SSSR count). The van der Waals surface area contributed by atoms with E-state index in [1.807, 2.05) is 19.9 Å². The first kappa shape index (κ1) is 25.8. The third-order valence-corrected chi connectivity index (χ3v) is 7.38. The van der Waals surface area contributed by atoms with Gasteiger partial charge in [0, 0.05) is 5.92 Å². The minimum absolute atomic E-state index is 0.256. The number of hydrogen-bond donors (Lipinski definition) is 3. The molecule has 2 aromatic rings. The number of para-hydroxylation sites is 1. The van der Waals surface area contributed by atoms with Gasteiger partial charge < -0.3 is 15.3 Å². The highest BCUT2D eigenvalue weighted by Gasteiger charge is 2.55. The molecule has 0 bridgehead atoms. The number of allylic oxidation sites excluding steroid dienone is 2. The van der Waals surface area contributed by atoms with Crippen LogP contribution in [-0.4, -0.2) is 39.8 Å². The van der Waals surface area contributed by atoms with Crippen molar-refractivity contribution < 1.29 is 29.3 Å². The number of aliphatic hydroxyl groups excluding tert-OH is 2. The Morgan fingerprint density at radius 3 is 2.53 bits per heavy atom. The lowest BCUT2D eigenvalue weighted by atomic mass is 9.67. The first-order chi connectivity index (χ1) is 17.3. The van der Waals surface area contributed by atoms with E-state index in [1.54, 1.807) is 36.4 Å². The topological polar surface area (TPSA) is 98.1 Å². The Kier molecular flexibility index (Phi) is 7.71. The number of aliphatic hydroxyl groups is 2. The Morgan fingerprint density at radius 1 is 1.17 bits per heavy atom. The number of carbonyl (C=O) groups is 2. The Hall–Kier alpha value is -3.29. The zero-order chi connectivity index (χ0) is 26.0. The Balaban J connectivity index is 1.55. The number of amides is 2. The van der Waals surface area contributed by atoms with Crippen LogP contribution < -0.4 is 4.90 Å². The number of carbonyl (C=O) groups excluding carboxylic acids is 2. The Labute approximate surface area is 210 Å². The van der Waals surface area contributed by atoms with E-state index in [4.69, 9.17) is 0 Å². The molecule has 7 heteroatoms. The second-order valence-corrected chi connectivity index (χ2v) is 9.64. The highest BCUT2D eigenvalue weighted by Crippen LogP contribution is 2.47. The number of hydrogen-bond acceptors (Lipinski definition) is 5. The van der Waals surface area contributed by atoms with Gasteiger partial charge in [0.2, 0.25) is 11.8 Å². The standard InChI is InChI=1S/C29H32FNO5/c1-3-19-15-21-27(29(36)31(28(21)35)20-7-5-4-6-8-20)22(16-32)26(19)25(34)11-9-17(2)13-18-10-12-24(33)23(30)14-18/h4-8,10,12-14,21-22,25,27,32-34H,3,9,11,15-16H2,1-2H3/b17-13+/t21-,22+,25-,27-/m1/s1. The monoisotopic (exact) mass is 493 g/mol. The van der Waals surface area contributed by atoms with Gasteiger partial charge in [-0.2, -0.15) is 0 Å². The molecule has 4 atom stereocenters. The number of phenolic OH excluding ortho intramolecular Hbond substituents is 1. The van der Waals surface area contributed by atoms with Crippen molar-refractivity contribution in [1.82, 2.24) is 0 Å². The van der Waals surface area contributed by atoms with Crippen molar-refractivity contribution >= 4 is 23.6 Å². The molecular formula is C29H32FNO5. The number of rotatable bonds is 8. The lowest BCUT2D eigenvalue weighted by molar-refractivity contribution is -0.123. The molecule has 0 radical (unpaired) electrons. The van der Waals surface area contributed by atoms with E-state index in [-0.39, 0.29) is 18.4 Å². The van der Waals surface area contributed by atoms with Crippen molar-refractivity contribution in [2.45, 2.75) is 45.6 Å². The molecule has 1 aliphatic heterocycles. The highest BCUT2D eigenvalue weighted by atomic mass is 19.1. The van der Waals surface area contributed by atoms with E-state index in [0.29, 0.717) is 42.5 Å². The lowest BCUT2D eigenvalue weighted by Gasteiger charge is -2.36. The predicted octanol–water partition coefficient (Wildman–Crippen LogP) is 4.60. The zero-order valence-corrected chi connectivity index (χ0v) is 20.5. The molecule has 3 N–H and O–H groups in total. The zero-order valence-electron chi connectivity index (χ0n) is 20.5. The normalized spacial score (nSPS) is 23.3. The van der Waals surface area contributed by atoms with E-state index < -0.39 is 35.4 Å². The van der Waals surface area contributed by atoms with Gasteiger partial charge >= 0.3 is 0 Å². The molecule has 2 aliphatic rings. The highest BCUT2D eigenvalue weighted by molar-refractivity contribution is 6.22. The van der Waals surface area contributed by atoms with E-state index in [0.717, 1.165) is 11.1 Å². The molecular weight excluding hydrogens is 461 g/mol. The van der Waals surface area contributed by atoms with Gasteiger partial charge in [-0.3, -0.25) is 14.5 Å². The van der Waals surface area contributed by atoms with E-state index >= 15 is 0 Å². The van der Waals surface area contributed by atoms with E-state index in [1.165, 1.54) is 17.0 Å². The summed E-state index contributed by atoms with van der Waals surface area (Å²) in [6.07, 6.45) is 2.79. The molecule has 190 valence electrons. The number of anilines is 1. The molecule has 1 fully saturated rings. The third-order valence-electron chi connectivity index (χ3n) is 7.38. The van der Waals surface area contributed by atoms with Crippen LogP contribution in [0.5, 0.6) is 5.75 Å². The summed E-state index contributed by atoms with van der Waals surface area (Å²) >= 11 is 0. The van der Waals surface area contributed by atoms with Gasteiger partial charge in [0.05, 0.1) is 30.2 Å². The van der Waals surface area contributed by atoms with Gasteiger partial charge in [0.25, 0.3) is 0 Å². The van der Waals surface area contributed by atoms with Gasteiger partial charge in [-0.05, 0) is 68.0 Å². The smallest absolute Gasteiger partial charge is 0.238 e. The molecule has 0 saturated carbocycles.